The summed E-state index contributed by atoms with van der Waals surface area (Å²) in [5.41, 5.74) is 2.19. The van der Waals surface area contributed by atoms with Crippen LogP contribution in [0, 0.1) is 13.8 Å². The van der Waals surface area contributed by atoms with Crippen molar-refractivity contribution in [1.82, 2.24) is 4.98 Å². The first-order valence-electron chi connectivity index (χ1n) is 6.70. The van der Waals surface area contributed by atoms with Crippen LogP contribution in [0.3, 0.4) is 0 Å². The number of aromatic nitrogens is 1. The summed E-state index contributed by atoms with van der Waals surface area (Å²) in [7, 11) is 0. The Labute approximate surface area is 128 Å². The Bertz CT molecular complexity index is 665. The molecule has 1 heterocycles. The Morgan fingerprint density at radius 3 is 2.57 bits per heavy atom. The van der Waals surface area contributed by atoms with E-state index in [1.807, 2.05) is 6.92 Å². The number of hydrogen-bond donors (Lipinski definition) is 3. The predicted octanol–water partition coefficient (Wildman–Crippen LogP) is 4.23. The van der Waals surface area contributed by atoms with Gasteiger partial charge in [-0.3, -0.25) is 5.32 Å². The Hall–Kier alpha value is -2.08. The maximum Gasteiger partial charge on any atom is 0.325 e. The van der Waals surface area contributed by atoms with Crippen molar-refractivity contribution in [3.8, 4) is 5.75 Å². The minimum atomic E-state index is -0.340. The molecule has 1 aromatic carbocycles. The molecule has 0 aliphatic carbocycles. The number of benzene rings is 1. The van der Waals surface area contributed by atoms with Gasteiger partial charge in [0, 0.05) is 16.8 Å². The van der Waals surface area contributed by atoms with Gasteiger partial charge in [-0.05, 0) is 43.0 Å². The maximum atomic E-state index is 12.0. The number of carbonyl (C=O) groups excluding carboxylic acids is 1. The molecule has 0 aliphatic rings. The number of urea groups is 1. The molecule has 0 fully saturated rings. The number of aryl methyl sites for hydroxylation is 2. The van der Waals surface area contributed by atoms with Crippen molar-refractivity contribution in [2.24, 2.45) is 0 Å². The number of rotatable bonds is 3. The molecule has 1 aromatic heterocycles. The van der Waals surface area contributed by atoms with Crippen molar-refractivity contribution in [1.29, 1.82) is 0 Å². The summed E-state index contributed by atoms with van der Waals surface area (Å²) in [4.78, 5) is 17.3. The van der Waals surface area contributed by atoms with Gasteiger partial charge in [0.2, 0.25) is 0 Å². The van der Waals surface area contributed by atoms with Crippen molar-refractivity contribution in [3.05, 3.63) is 34.3 Å². The number of phenolic OH excluding ortho intramolecular Hbond substituents is 1. The molecule has 0 spiro atoms. The van der Waals surface area contributed by atoms with Crippen LogP contribution in [0.5, 0.6) is 5.75 Å². The van der Waals surface area contributed by atoms with E-state index >= 15 is 0 Å². The SMILES string of the molecule is Cc1cc(NC(=O)Nc2ncc(C(C)C)s2)c(C)cc1O. The number of nitrogens with one attached hydrogen (secondary N) is 2. The normalized spacial score (nSPS) is 10.7. The van der Waals surface area contributed by atoms with E-state index in [4.69, 9.17) is 0 Å². The molecule has 0 bridgehead atoms. The molecule has 0 aliphatic heterocycles. The van der Waals surface area contributed by atoms with Crippen molar-refractivity contribution in [3.63, 3.8) is 0 Å². The number of nitrogens with zero attached hydrogens (tertiary/aromatic N) is 1. The third-order valence-corrected chi connectivity index (χ3v) is 4.32. The van der Waals surface area contributed by atoms with Crippen molar-refractivity contribution in [2.45, 2.75) is 33.6 Å². The first-order valence-corrected chi connectivity index (χ1v) is 7.52. The summed E-state index contributed by atoms with van der Waals surface area (Å²) >= 11 is 1.47. The summed E-state index contributed by atoms with van der Waals surface area (Å²) in [6.45, 7) is 7.78. The summed E-state index contributed by atoms with van der Waals surface area (Å²) in [5.74, 6) is 0.614. The van der Waals surface area contributed by atoms with Crippen LogP contribution in [0.15, 0.2) is 18.3 Å². The van der Waals surface area contributed by atoms with Crippen molar-refractivity contribution in [2.75, 3.05) is 10.6 Å². The monoisotopic (exact) mass is 305 g/mol. The second kappa shape index (κ2) is 6.13. The summed E-state index contributed by atoms with van der Waals surface area (Å²) in [5, 5.41) is 15.7. The molecule has 2 aromatic rings. The fraction of sp³-hybridized carbons (Fsp3) is 0.333. The molecule has 21 heavy (non-hydrogen) atoms. The smallest absolute Gasteiger partial charge is 0.325 e. The second-order valence-corrected chi connectivity index (χ2v) is 6.32. The molecule has 112 valence electrons. The van der Waals surface area contributed by atoms with E-state index in [1.54, 1.807) is 25.3 Å². The molecular formula is C15H19N3O2S. The predicted molar refractivity (Wildman–Crippen MR) is 86.4 cm³/mol. The first kappa shape index (κ1) is 15.3. The van der Waals surface area contributed by atoms with Gasteiger partial charge in [-0.25, -0.2) is 9.78 Å². The van der Waals surface area contributed by atoms with Gasteiger partial charge in [-0.15, -0.1) is 11.3 Å². The van der Waals surface area contributed by atoms with E-state index in [-0.39, 0.29) is 11.8 Å². The molecule has 0 saturated heterocycles. The highest BCUT2D eigenvalue weighted by Crippen LogP contribution is 2.27. The Morgan fingerprint density at radius 2 is 1.95 bits per heavy atom. The Balaban J connectivity index is 2.06. The maximum absolute atomic E-state index is 12.0. The molecule has 0 unspecified atom stereocenters. The Kier molecular flexibility index (Phi) is 4.47. The fourth-order valence-electron chi connectivity index (χ4n) is 1.80. The van der Waals surface area contributed by atoms with Crippen LogP contribution < -0.4 is 10.6 Å². The molecular weight excluding hydrogens is 286 g/mol. The zero-order valence-electron chi connectivity index (χ0n) is 12.5. The Morgan fingerprint density at radius 1 is 1.24 bits per heavy atom. The molecule has 2 amide bonds. The summed E-state index contributed by atoms with van der Waals surface area (Å²) in [6.07, 6.45) is 1.78. The van der Waals surface area contributed by atoms with Crippen LogP contribution >= 0.6 is 11.3 Å². The molecule has 5 nitrogen and oxygen atoms in total. The van der Waals surface area contributed by atoms with Crippen molar-refractivity contribution >= 4 is 28.2 Å². The molecule has 3 N–H and O–H groups in total. The van der Waals surface area contributed by atoms with Gasteiger partial charge in [0.15, 0.2) is 5.13 Å². The third-order valence-electron chi connectivity index (χ3n) is 3.10. The molecule has 6 heteroatoms. The summed E-state index contributed by atoms with van der Waals surface area (Å²) < 4.78 is 0. The number of thiazole rings is 1. The van der Waals surface area contributed by atoms with E-state index in [9.17, 15) is 9.90 Å². The number of phenols is 1. The lowest BCUT2D eigenvalue weighted by Crippen LogP contribution is -2.19. The fourth-order valence-corrected chi connectivity index (χ4v) is 2.61. The highest BCUT2D eigenvalue weighted by molar-refractivity contribution is 7.15. The van der Waals surface area contributed by atoms with Crippen LogP contribution in [-0.2, 0) is 0 Å². The molecule has 2 rings (SSSR count). The highest BCUT2D eigenvalue weighted by Gasteiger charge is 2.10. The van der Waals surface area contributed by atoms with Crippen LogP contribution in [0.2, 0.25) is 0 Å². The zero-order chi connectivity index (χ0) is 15.6. The van der Waals surface area contributed by atoms with E-state index in [0.717, 1.165) is 10.4 Å². The number of aromatic hydroxyl groups is 1. The minimum Gasteiger partial charge on any atom is -0.508 e. The van der Waals surface area contributed by atoms with E-state index in [0.29, 0.717) is 22.3 Å². The number of amides is 2. The topological polar surface area (TPSA) is 74.2 Å². The lowest BCUT2D eigenvalue weighted by Gasteiger charge is -2.10. The van der Waals surface area contributed by atoms with Gasteiger partial charge >= 0.3 is 6.03 Å². The largest absolute Gasteiger partial charge is 0.508 e. The summed E-state index contributed by atoms with van der Waals surface area (Å²) in [6, 6.07) is 3.03. The van der Waals surface area contributed by atoms with Crippen molar-refractivity contribution < 1.29 is 9.90 Å². The van der Waals surface area contributed by atoms with Gasteiger partial charge in [0.05, 0.1) is 0 Å². The lowest BCUT2D eigenvalue weighted by atomic mass is 10.1. The average molecular weight is 305 g/mol. The quantitative estimate of drug-likeness (QED) is 0.743. The average Bonchev–Trinajstić information content (AvgIpc) is 2.84. The van der Waals surface area contributed by atoms with Gasteiger partial charge in [0.1, 0.15) is 5.75 Å². The third kappa shape index (κ3) is 3.72. The van der Waals surface area contributed by atoms with Crippen LogP contribution in [-0.4, -0.2) is 16.1 Å². The van der Waals surface area contributed by atoms with E-state index in [2.05, 4.69) is 29.5 Å². The molecule has 0 saturated carbocycles. The number of hydrogen-bond acceptors (Lipinski definition) is 4. The standard InChI is InChI=1S/C15H19N3O2S/c1-8(2)13-7-16-15(21-13)18-14(20)17-11-5-10(4)12(19)6-9(11)3/h5-8,19H,1-4H3,(H2,16,17,18,20). The van der Waals surface area contributed by atoms with Gasteiger partial charge in [0.25, 0.3) is 0 Å². The highest BCUT2D eigenvalue weighted by atomic mass is 32.1. The minimum absolute atomic E-state index is 0.222. The van der Waals surface area contributed by atoms with Crippen LogP contribution in [0.25, 0.3) is 0 Å². The second-order valence-electron chi connectivity index (χ2n) is 5.26. The van der Waals surface area contributed by atoms with E-state index in [1.165, 1.54) is 11.3 Å². The van der Waals surface area contributed by atoms with Gasteiger partial charge in [-0.1, -0.05) is 13.8 Å². The van der Waals surface area contributed by atoms with Crippen LogP contribution in [0.4, 0.5) is 15.6 Å². The first-order chi connectivity index (χ1) is 9.86. The van der Waals surface area contributed by atoms with Crippen LogP contribution in [0.1, 0.15) is 35.8 Å². The van der Waals surface area contributed by atoms with Gasteiger partial charge < -0.3 is 10.4 Å². The molecule has 0 atom stereocenters. The number of anilines is 2. The zero-order valence-corrected chi connectivity index (χ0v) is 13.3. The van der Waals surface area contributed by atoms with Gasteiger partial charge in [-0.2, -0.15) is 0 Å². The molecule has 0 radical (unpaired) electrons. The van der Waals surface area contributed by atoms with E-state index < -0.39 is 0 Å². The number of carbonyl (C=O) groups is 1. The lowest BCUT2D eigenvalue weighted by molar-refractivity contribution is 0.262.